The number of aryl methyl sites for hydroxylation is 3. The van der Waals surface area contributed by atoms with Crippen molar-refractivity contribution in [3.8, 4) is 0 Å². The molecule has 3 nitrogen and oxygen atoms in total. The minimum Gasteiger partial charge on any atom is -0.292 e. The summed E-state index contributed by atoms with van der Waals surface area (Å²) in [6.45, 7) is 10.8. The van der Waals surface area contributed by atoms with E-state index in [9.17, 15) is 4.79 Å². The zero-order valence-corrected chi connectivity index (χ0v) is 13.8. The molecule has 0 atom stereocenters. The third kappa shape index (κ3) is 3.41. The second-order valence-electron chi connectivity index (χ2n) is 6.81. The fourth-order valence-corrected chi connectivity index (χ4v) is 2.52. The molecule has 3 heteroatoms. The molecule has 0 fully saturated rings. The monoisotopic (exact) mass is 284 g/mol. The van der Waals surface area contributed by atoms with Crippen molar-refractivity contribution in [2.75, 3.05) is 0 Å². The molecule has 2 rings (SSSR count). The van der Waals surface area contributed by atoms with E-state index in [0.717, 1.165) is 5.56 Å². The van der Waals surface area contributed by atoms with Gasteiger partial charge in [-0.3, -0.25) is 9.48 Å². The van der Waals surface area contributed by atoms with Crippen LogP contribution in [0.25, 0.3) is 0 Å². The van der Waals surface area contributed by atoms with Gasteiger partial charge in [0, 0.05) is 19.7 Å². The van der Waals surface area contributed by atoms with Crippen LogP contribution >= 0.6 is 0 Å². The fourth-order valence-electron chi connectivity index (χ4n) is 2.52. The SMILES string of the molecule is Cc1cc(C(C)(C)C)cc(C)c1CC(=O)c1ccn(C)n1. The normalized spacial score (nSPS) is 11.7. The number of hydrogen-bond donors (Lipinski definition) is 0. The Kier molecular flexibility index (Phi) is 4.04. The highest BCUT2D eigenvalue weighted by Gasteiger charge is 2.18. The van der Waals surface area contributed by atoms with Crippen LogP contribution in [-0.2, 0) is 18.9 Å². The Morgan fingerprint density at radius 1 is 1.19 bits per heavy atom. The molecule has 0 saturated heterocycles. The molecule has 2 aromatic rings. The van der Waals surface area contributed by atoms with Crippen LogP contribution in [0.4, 0.5) is 0 Å². The van der Waals surface area contributed by atoms with E-state index in [-0.39, 0.29) is 11.2 Å². The highest BCUT2D eigenvalue weighted by molar-refractivity contribution is 5.96. The first-order valence-electron chi connectivity index (χ1n) is 7.32. The van der Waals surface area contributed by atoms with E-state index < -0.39 is 0 Å². The summed E-state index contributed by atoms with van der Waals surface area (Å²) in [6, 6.07) is 6.18. The van der Waals surface area contributed by atoms with Crippen LogP contribution in [0.5, 0.6) is 0 Å². The molecule has 1 aromatic heterocycles. The van der Waals surface area contributed by atoms with Crippen LogP contribution in [0.2, 0.25) is 0 Å². The molecule has 112 valence electrons. The van der Waals surface area contributed by atoms with Gasteiger partial charge in [-0.1, -0.05) is 32.9 Å². The molecule has 0 unspecified atom stereocenters. The van der Waals surface area contributed by atoms with E-state index in [1.807, 2.05) is 7.05 Å². The molecule has 0 aliphatic carbocycles. The summed E-state index contributed by atoms with van der Waals surface area (Å²) in [5.41, 5.74) is 5.47. The highest BCUT2D eigenvalue weighted by Crippen LogP contribution is 2.27. The standard InChI is InChI=1S/C18H24N2O/c1-12-9-14(18(3,4)5)10-13(2)15(12)11-17(21)16-7-8-20(6)19-16/h7-10H,11H2,1-6H3. The van der Waals surface area contributed by atoms with Gasteiger partial charge in [-0.05, 0) is 47.6 Å². The van der Waals surface area contributed by atoms with E-state index in [2.05, 4.69) is 51.9 Å². The molecule has 0 N–H and O–H groups in total. The summed E-state index contributed by atoms with van der Waals surface area (Å²) in [6.07, 6.45) is 2.22. The Morgan fingerprint density at radius 2 is 1.76 bits per heavy atom. The maximum atomic E-state index is 12.3. The molecule has 0 saturated carbocycles. The first-order valence-corrected chi connectivity index (χ1v) is 7.32. The number of carbonyl (C=O) groups is 1. The molecule has 0 radical (unpaired) electrons. The molecule has 1 heterocycles. The molecule has 0 spiro atoms. The van der Waals surface area contributed by atoms with Crippen molar-refractivity contribution in [3.05, 3.63) is 52.3 Å². The summed E-state index contributed by atoms with van der Waals surface area (Å²) in [7, 11) is 1.82. The van der Waals surface area contributed by atoms with E-state index in [1.54, 1.807) is 16.9 Å². The molecule has 0 aliphatic heterocycles. The zero-order chi connectivity index (χ0) is 15.8. The minimum absolute atomic E-state index is 0.0744. The molecule has 0 bridgehead atoms. The van der Waals surface area contributed by atoms with Gasteiger partial charge < -0.3 is 0 Å². The lowest BCUT2D eigenvalue weighted by Crippen LogP contribution is -2.14. The van der Waals surface area contributed by atoms with E-state index >= 15 is 0 Å². The van der Waals surface area contributed by atoms with Crippen LogP contribution in [0.15, 0.2) is 24.4 Å². The third-order valence-corrected chi connectivity index (χ3v) is 3.90. The summed E-state index contributed by atoms with van der Waals surface area (Å²) in [5.74, 6) is 0.0744. The second kappa shape index (κ2) is 5.47. The Balaban J connectivity index is 2.31. The van der Waals surface area contributed by atoms with Crippen LogP contribution < -0.4 is 0 Å². The first kappa shape index (κ1) is 15.5. The number of benzene rings is 1. The average Bonchev–Trinajstić information content (AvgIpc) is 2.79. The van der Waals surface area contributed by atoms with Gasteiger partial charge in [-0.25, -0.2) is 0 Å². The van der Waals surface area contributed by atoms with Crippen molar-refractivity contribution in [3.63, 3.8) is 0 Å². The summed E-state index contributed by atoms with van der Waals surface area (Å²) in [5, 5.41) is 4.19. The zero-order valence-electron chi connectivity index (χ0n) is 13.8. The van der Waals surface area contributed by atoms with Crippen molar-refractivity contribution in [1.82, 2.24) is 9.78 Å². The van der Waals surface area contributed by atoms with Gasteiger partial charge in [0.05, 0.1) is 0 Å². The largest absolute Gasteiger partial charge is 0.292 e. The number of hydrogen-bond acceptors (Lipinski definition) is 2. The quantitative estimate of drug-likeness (QED) is 0.804. The third-order valence-electron chi connectivity index (χ3n) is 3.90. The Labute approximate surface area is 127 Å². The van der Waals surface area contributed by atoms with Gasteiger partial charge >= 0.3 is 0 Å². The van der Waals surface area contributed by atoms with E-state index in [0.29, 0.717) is 12.1 Å². The minimum atomic E-state index is 0.0744. The highest BCUT2D eigenvalue weighted by atomic mass is 16.1. The number of aromatic nitrogens is 2. The van der Waals surface area contributed by atoms with Crippen molar-refractivity contribution in [2.24, 2.45) is 7.05 Å². The fraction of sp³-hybridized carbons (Fsp3) is 0.444. The van der Waals surface area contributed by atoms with Gasteiger partial charge in [-0.2, -0.15) is 5.10 Å². The smallest absolute Gasteiger partial charge is 0.187 e. The lowest BCUT2D eigenvalue weighted by molar-refractivity contribution is 0.0987. The molecule has 21 heavy (non-hydrogen) atoms. The van der Waals surface area contributed by atoms with Crippen LogP contribution in [0, 0.1) is 13.8 Å². The topological polar surface area (TPSA) is 34.9 Å². The van der Waals surface area contributed by atoms with E-state index in [1.165, 1.54) is 16.7 Å². The molecular weight excluding hydrogens is 260 g/mol. The summed E-state index contributed by atoms with van der Waals surface area (Å²) >= 11 is 0. The second-order valence-corrected chi connectivity index (χ2v) is 6.81. The van der Waals surface area contributed by atoms with Gasteiger partial charge in [0.1, 0.15) is 5.69 Å². The van der Waals surface area contributed by atoms with Crippen LogP contribution in [-0.4, -0.2) is 15.6 Å². The van der Waals surface area contributed by atoms with Gasteiger partial charge in [0.2, 0.25) is 0 Å². The molecule has 0 amide bonds. The predicted octanol–water partition coefficient (Wildman–Crippen LogP) is 3.76. The van der Waals surface area contributed by atoms with Gasteiger partial charge in [-0.15, -0.1) is 0 Å². The van der Waals surface area contributed by atoms with Crippen molar-refractivity contribution in [1.29, 1.82) is 0 Å². The molecule has 0 aliphatic rings. The predicted molar refractivity (Wildman–Crippen MR) is 85.9 cm³/mol. The maximum absolute atomic E-state index is 12.3. The Hall–Kier alpha value is -1.90. The van der Waals surface area contributed by atoms with Crippen LogP contribution in [0.3, 0.4) is 0 Å². The average molecular weight is 284 g/mol. The maximum Gasteiger partial charge on any atom is 0.187 e. The Bertz CT molecular complexity index is 652. The number of rotatable bonds is 3. The summed E-state index contributed by atoms with van der Waals surface area (Å²) in [4.78, 5) is 12.3. The van der Waals surface area contributed by atoms with E-state index in [4.69, 9.17) is 0 Å². The lowest BCUT2D eigenvalue weighted by Gasteiger charge is -2.22. The van der Waals surface area contributed by atoms with Crippen molar-refractivity contribution in [2.45, 2.75) is 46.5 Å². The van der Waals surface area contributed by atoms with Crippen molar-refractivity contribution < 1.29 is 4.79 Å². The lowest BCUT2D eigenvalue weighted by atomic mass is 9.83. The number of carbonyl (C=O) groups excluding carboxylic acids is 1. The number of Topliss-reactive ketones (excluding diaryl/α,β-unsaturated/α-hetero) is 1. The van der Waals surface area contributed by atoms with Gasteiger partial charge in [0.25, 0.3) is 0 Å². The molecular formula is C18H24N2O. The van der Waals surface area contributed by atoms with Gasteiger partial charge in [0.15, 0.2) is 5.78 Å². The number of nitrogens with zero attached hydrogens (tertiary/aromatic N) is 2. The van der Waals surface area contributed by atoms with Crippen LogP contribution in [0.1, 0.15) is 53.5 Å². The number of ketones is 1. The molecule has 1 aromatic carbocycles. The summed E-state index contributed by atoms with van der Waals surface area (Å²) < 4.78 is 1.66. The first-order chi connectivity index (χ1) is 9.68. The van der Waals surface area contributed by atoms with Crippen molar-refractivity contribution >= 4 is 5.78 Å². The Morgan fingerprint density at radius 3 is 2.19 bits per heavy atom.